The van der Waals surface area contributed by atoms with E-state index in [0.717, 1.165) is 13.1 Å². The van der Waals surface area contributed by atoms with Crippen molar-refractivity contribution in [1.82, 2.24) is 0 Å². The molecule has 1 aliphatic rings. The summed E-state index contributed by atoms with van der Waals surface area (Å²) >= 11 is 0. The summed E-state index contributed by atoms with van der Waals surface area (Å²) in [7, 11) is 0. The van der Waals surface area contributed by atoms with Gasteiger partial charge in [0.2, 0.25) is 5.52 Å². The third-order valence-corrected chi connectivity index (χ3v) is 9.42. The molecule has 0 atom stereocenters. The number of benzene rings is 2. The molecule has 0 radical (unpaired) electrons. The number of fused-ring (bicyclic) bond motifs is 5. The number of aromatic nitrogens is 2. The van der Waals surface area contributed by atoms with Crippen LogP contribution in [-0.2, 0) is 18.5 Å². The minimum absolute atomic E-state index is 0.0277. The van der Waals surface area contributed by atoms with Gasteiger partial charge in [-0.3, -0.25) is 0 Å². The highest BCUT2D eigenvalue weighted by atomic mass is 14.9. The zero-order valence-electron chi connectivity index (χ0n) is 26.2. The molecule has 2 nitrogen and oxygen atoms in total. The van der Waals surface area contributed by atoms with E-state index in [1.54, 1.807) is 0 Å². The van der Waals surface area contributed by atoms with E-state index in [-0.39, 0.29) is 5.41 Å². The van der Waals surface area contributed by atoms with Gasteiger partial charge in [-0.15, -0.1) is 0 Å². The first-order valence-electron chi connectivity index (χ1n) is 16.6. The minimum atomic E-state index is -0.0277. The van der Waals surface area contributed by atoms with E-state index in [1.165, 1.54) is 121 Å². The Balaban J connectivity index is 1.36. The molecule has 0 saturated heterocycles. The lowest BCUT2D eigenvalue weighted by Gasteiger charge is -2.21. The lowest BCUT2D eigenvalue weighted by molar-refractivity contribution is -0.697. The van der Waals surface area contributed by atoms with E-state index in [1.807, 2.05) is 0 Å². The van der Waals surface area contributed by atoms with E-state index in [2.05, 4.69) is 110 Å². The predicted molar refractivity (Wildman–Crippen MR) is 174 cm³/mol. The maximum absolute atomic E-state index is 2.54. The Hall–Kier alpha value is -3.00. The Bertz CT molecular complexity index is 1430. The van der Waals surface area contributed by atoms with Gasteiger partial charge >= 0.3 is 0 Å². The van der Waals surface area contributed by atoms with Gasteiger partial charge in [-0.2, -0.15) is 4.57 Å². The lowest BCUT2D eigenvalue weighted by Crippen LogP contribution is -2.36. The van der Waals surface area contributed by atoms with Crippen LogP contribution >= 0.6 is 0 Å². The minimum Gasteiger partial charge on any atom is -0.205 e. The van der Waals surface area contributed by atoms with Gasteiger partial charge in [0.1, 0.15) is 13.1 Å². The third kappa shape index (κ3) is 6.58. The van der Waals surface area contributed by atoms with E-state index in [4.69, 9.17) is 0 Å². The van der Waals surface area contributed by atoms with Crippen molar-refractivity contribution in [3.05, 3.63) is 84.3 Å². The van der Waals surface area contributed by atoms with E-state index >= 15 is 0 Å². The molecule has 216 valence electrons. The molecule has 41 heavy (non-hydrogen) atoms. The molecular formula is C39H52N2+2. The Morgan fingerprint density at radius 2 is 1.24 bits per heavy atom. The maximum atomic E-state index is 2.54. The van der Waals surface area contributed by atoms with Crippen molar-refractivity contribution in [1.29, 1.82) is 0 Å². The van der Waals surface area contributed by atoms with Crippen LogP contribution in [0.1, 0.15) is 116 Å². The van der Waals surface area contributed by atoms with Gasteiger partial charge in [-0.25, -0.2) is 4.57 Å². The average molecular weight is 549 g/mol. The molecule has 0 bridgehead atoms. The van der Waals surface area contributed by atoms with Gasteiger partial charge in [0.25, 0.3) is 0 Å². The van der Waals surface area contributed by atoms with E-state index in [0.29, 0.717) is 0 Å². The molecule has 1 aliphatic carbocycles. The summed E-state index contributed by atoms with van der Waals surface area (Å²) in [5.74, 6) is 0. The third-order valence-electron chi connectivity index (χ3n) is 9.42. The second-order valence-electron chi connectivity index (χ2n) is 12.9. The quantitative estimate of drug-likeness (QED) is 0.103. The Morgan fingerprint density at radius 3 is 1.95 bits per heavy atom. The van der Waals surface area contributed by atoms with Gasteiger partial charge in [-0.1, -0.05) is 103 Å². The molecule has 0 N–H and O–H groups in total. The van der Waals surface area contributed by atoms with Crippen molar-refractivity contribution in [3.8, 4) is 22.3 Å². The van der Waals surface area contributed by atoms with Crippen LogP contribution < -0.4 is 9.13 Å². The maximum Gasteiger partial charge on any atom is 0.213 e. The number of unbranched alkanes of at least 4 members (excludes halogenated alkanes) is 10. The van der Waals surface area contributed by atoms with Gasteiger partial charge in [0, 0.05) is 47.6 Å². The van der Waals surface area contributed by atoms with Gasteiger partial charge < -0.3 is 0 Å². The molecular weight excluding hydrogens is 496 g/mol. The smallest absolute Gasteiger partial charge is 0.205 e. The fourth-order valence-electron chi connectivity index (χ4n) is 6.86. The van der Waals surface area contributed by atoms with Crippen molar-refractivity contribution in [3.63, 3.8) is 0 Å². The predicted octanol–water partition coefficient (Wildman–Crippen LogP) is 10.1. The van der Waals surface area contributed by atoms with E-state index in [9.17, 15) is 0 Å². The molecule has 2 aromatic carbocycles. The van der Waals surface area contributed by atoms with Crippen LogP contribution in [0, 0.1) is 0 Å². The molecule has 0 amide bonds. The highest BCUT2D eigenvalue weighted by molar-refractivity contribution is 5.99. The summed E-state index contributed by atoms with van der Waals surface area (Å²) in [5.41, 5.74) is 9.74. The van der Waals surface area contributed by atoms with Crippen LogP contribution in [-0.4, -0.2) is 0 Å². The molecule has 5 rings (SSSR count). The molecule has 4 aromatic rings. The number of hydrogen-bond donors (Lipinski definition) is 0. The van der Waals surface area contributed by atoms with Crippen LogP contribution in [0.2, 0.25) is 0 Å². The van der Waals surface area contributed by atoms with Crippen LogP contribution in [0.5, 0.6) is 0 Å². The lowest BCUT2D eigenvalue weighted by atomic mass is 9.82. The highest BCUT2D eigenvalue weighted by Gasteiger charge is 2.39. The fourth-order valence-corrected chi connectivity index (χ4v) is 6.86. The Morgan fingerprint density at radius 1 is 0.610 bits per heavy atom. The van der Waals surface area contributed by atoms with Gasteiger partial charge in [0.15, 0.2) is 18.6 Å². The second kappa shape index (κ2) is 13.8. The number of pyridine rings is 2. The number of hydrogen-bond acceptors (Lipinski definition) is 0. The summed E-state index contributed by atoms with van der Waals surface area (Å²) in [4.78, 5) is 0. The first-order chi connectivity index (χ1) is 20.0. The average Bonchev–Trinajstić information content (AvgIpc) is 3.22. The molecule has 2 heteroatoms. The molecule has 0 fully saturated rings. The Labute approximate surface area is 249 Å². The number of para-hydroxylation sites is 1. The molecule has 2 heterocycles. The molecule has 0 unspecified atom stereocenters. The zero-order chi connectivity index (χ0) is 28.7. The monoisotopic (exact) mass is 548 g/mol. The molecule has 0 spiro atoms. The van der Waals surface area contributed by atoms with Gasteiger partial charge in [0.05, 0.1) is 5.39 Å². The summed E-state index contributed by atoms with van der Waals surface area (Å²) in [5, 5.41) is 1.39. The second-order valence-corrected chi connectivity index (χ2v) is 12.9. The number of nitrogens with zero attached hydrogens (tertiary/aromatic N) is 2. The van der Waals surface area contributed by atoms with Crippen molar-refractivity contribution in [2.24, 2.45) is 0 Å². The largest absolute Gasteiger partial charge is 0.213 e. The zero-order valence-corrected chi connectivity index (χ0v) is 26.2. The van der Waals surface area contributed by atoms with E-state index < -0.39 is 0 Å². The van der Waals surface area contributed by atoms with Crippen molar-refractivity contribution in [2.45, 2.75) is 123 Å². The highest BCUT2D eigenvalue weighted by Crippen LogP contribution is 2.51. The van der Waals surface area contributed by atoms with Gasteiger partial charge in [-0.05, 0) is 47.2 Å². The van der Waals surface area contributed by atoms with Crippen molar-refractivity contribution < 1.29 is 9.13 Å². The normalized spacial score (nSPS) is 13.5. The first-order valence-corrected chi connectivity index (χ1v) is 16.6. The summed E-state index contributed by atoms with van der Waals surface area (Å²) in [6.45, 7) is 11.6. The Kier molecular flexibility index (Phi) is 9.91. The molecule has 0 saturated carbocycles. The van der Waals surface area contributed by atoms with Crippen molar-refractivity contribution >= 4 is 10.9 Å². The first kappa shape index (κ1) is 29.5. The molecule has 2 aromatic heterocycles. The topological polar surface area (TPSA) is 7.76 Å². The molecule has 0 aliphatic heterocycles. The van der Waals surface area contributed by atoms with Crippen molar-refractivity contribution in [2.75, 3.05) is 0 Å². The van der Waals surface area contributed by atoms with Crippen LogP contribution in [0.15, 0.2) is 73.2 Å². The van der Waals surface area contributed by atoms with Crippen LogP contribution in [0.25, 0.3) is 33.2 Å². The van der Waals surface area contributed by atoms with Crippen LogP contribution in [0.3, 0.4) is 0 Å². The number of rotatable bonds is 15. The SMILES string of the molecule is CCCCCCCC[n+]1ccc(-c2ccc3c(c2)C(C)(C)c2c[n+](CCCCCCCC)c4ccccc4c2-3)cc1. The summed E-state index contributed by atoms with van der Waals surface area (Å²) in [6, 6.07) is 20.9. The van der Waals surface area contributed by atoms with Crippen LogP contribution in [0.4, 0.5) is 0 Å². The summed E-state index contributed by atoms with van der Waals surface area (Å²) in [6.07, 6.45) is 23.1. The number of aryl methyl sites for hydroxylation is 2. The fraction of sp³-hybridized carbons (Fsp3) is 0.487. The summed E-state index contributed by atoms with van der Waals surface area (Å²) < 4.78 is 4.90. The standard InChI is InChI=1S/C39H52N2/c1-5-7-9-11-13-17-25-40-27-23-31(24-28-40)32-21-22-33-35(29-32)39(3,4)36-30-41(26-18-14-12-10-8-6-2)37-20-16-15-19-34(37)38(33)36/h15-16,19-24,27-30H,5-14,17-18,25-26H2,1-4H3/q+2.